The first-order valence-corrected chi connectivity index (χ1v) is 6.34. The molecule has 0 bridgehead atoms. The minimum absolute atomic E-state index is 0.296. The SMILES string of the molecule is C=CCCCN(CCO)C1CCCCC1. The van der Waals surface area contributed by atoms with Gasteiger partial charge in [-0.05, 0) is 32.2 Å². The molecule has 88 valence electrons. The molecule has 0 amide bonds. The molecule has 0 unspecified atom stereocenters. The average molecular weight is 211 g/mol. The van der Waals surface area contributed by atoms with Crippen molar-refractivity contribution in [2.24, 2.45) is 0 Å². The van der Waals surface area contributed by atoms with Gasteiger partial charge in [0.05, 0.1) is 6.61 Å². The summed E-state index contributed by atoms with van der Waals surface area (Å²) >= 11 is 0. The van der Waals surface area contributed by atoms with E-state index in [9.17, 15) is 0 Å². The molecule has 0 heterocycles. The number of rotatable bonds is 7. The number of allylic oxidation sites excluding steroid dienone is 1. The number of unbranched alkanes of at least 4 members (excludes halogenated alkanes) is 1. The predicted molar refractivity (Wildman–Crippen MR) is 65.0 cm³/mol. The maximum Gasteiger partial charge on any atom is 0.0558 e. The van der Waals surface area contributed by atoms with Gasteiger partial charge in [-0.1, -0.05) is 25.3 Å². The molecular formula is C13H25NO. The molecule has 1 rings (SSSR count). The normalized spacial score (nSPS) is 18.3. The van der Waals surface area contributed by atoms with Crippen molar-refractivity contribution in [3.63, 3.8) is 0 Å². The van der Waals surface area contributed by atoms with Gasteiger partial charge in [0.15, 0.2) is 0 Å². The van der Waals surface area contributed by atoms with Gasteiger partial charge in [0, 0.05) is 12.6 Å². The lowest BCUT2D eigenvalue weighted by Gasteiger charge is -2.33. The van der Waals surface area contributed by atoms with Crippen molar-refractivity contribution in [2.45, 2.75) is 51.0 Å². The molecule has 0 aromatic heterocycles. The van der Waals surface area contributed by atoms with Gasteiger partial charge >= 0.3 is 0 Å². The van der Waals surface area contributed by atoms with Gasteiger partial charge in [-0.3, -0.25) is 4.90 Å². The maximum absolute atomic E-state index is 9.06. The fraction of sp³-hybridized carbons (Fsp3) is 0.846. The zero-order valence-corrected chi connectivity index (χ0v) is 9.83. The summed E-state index contributed by atoms with van der Waals surface area (Å²) < 4.78 is 0. The Labute approximate surface area is 94.0 Å². The van der Waals surface area contributed by atoms with Crippen molar-refractivity contribution in [1.82, 2.24) is 4.90 Å². The van der Waals surface area contributed by atoms with E-state index in [2.05, 4.69) is 11.5 Å². The second-order valence-electron chi connectivity index (χ2n) is 4.48. The molecule has 0 aromatic carbocycles. The first-order chi connectivity index (χ1) is 7.38. The van der Waals surface area contributed by atoms with Crippen LogP contribution >= 0.6 is 0 Å². The third-order valence-corrected chi connectivity index (χ3v) is 3.33. The third-order valence-electron chi connectivity index (χ3n) is 3.33. The van der Waals surface area contributed by atoms with Crippen LogP contribution in [-0.2, 0) is 0 Å². The van der Waals surface area contributed by atoms with E-state index in [1.54, 1.807) is 0 Å². The zero-order valence-electron chi connectivity index (χ0n) is 9.83. The summed E-state index contributed by atoms with van der Waals surface area (Å²) in [6.07, 6.45) is 11.0. The van der Waals surface area contributed by atoms with Crippen LogP contribution in [0.15, 0.2) is 12.7 Å². The molecule has 0 aliphatic heterocycles. The van der Waals surface area contributed by atoms with E-state index in [1.807, 2.05) is 6.08 Å². The van der Waals surface area contributed by atoms with Crippen molar-refractivity contribution in [3.05, 3.63) is 12.7 Å². The summed E-state index contributed by atoms with van der Waals surface area (Å²) in [4.78, 5) is 2.47. The van der Waals surface area contributed by atoms with Gasteiger partial charge in [0.1, 0.15) is 0 Å². The summed E-state index contributed by atoms with van der Waals surface area (Å²) in [7, 11) is 0. The Morgan fingerprint density at radius 3 is 2.53 bits per heavy atom. The molecule has 0 saturated heterocycles. The van der Waals surface area contributed by atoms with Crippen LogP contribution in [0.3, 0.4) is 0 Å². The van der Waals surface area contributed by atoms with Crippen LogP contribution in [0.4, 0.5) is 0 Å². The largest absolute Gasteiger partial charge is 0.395 e. The molecule has 1 aliphatic carbocycles. The lowest BCUT2D eigenvalue weighted by Crippen LogP contribution is -2.39. The highest BCUT2D eigenvalue weighted by atomic mass is 16.3. The van der Waals surface area contributed by atoms with Gasteiger partial charge in [-0.2, -0.15) is 0 Å². The third kappa shape index (κ3) is 4.80. The van der Waals surface area contributed by atoms with E-state index in [0.29, 0.717) is 6.61 Å². The molecule has 1 saturated carbocycles. The van der Waals surface area contributed by atoms with Crippen molar-refractivity contribution in [2.75, 3.05) is 19.7 Å². The minimum atomic E-state index is 0.296. The highest BCUT2D eigenvalue weighted by molar-refractivity contribution is 4.77. The quantitative estimate of drug-likeness (QED) is 0.517. The van der Waals surface area contributed by atoms with E-state index >= 15 is 0 Å². The van der Waals surface area contributed by atoms with Gasteiger partial charge in [-0.15, -0.1) is 6.58 Å². The second kappa shape index (κ2) is 7.89. The van der Waals surface area contributed by atoms with Crippen LogP contribution in [0, 0.1) is 0 Å². The summed E-state index contributed by atoms with van der Waals surface area (Å²) in [5.41, 5.74) is 0. The molecule has 0 spiro atoms. The minimum Gasteiger partial charge on any atom is -0.395 e. The first kappa shape index (κ1) is 12.7. The molecule has 2 nitrogen and oxygen atoms in total. The van der Waals surface area contributed by atoms with E-state index < -0.39 is 0 Å². The molecule has 0 atom stereocenters. The van der Waals surface area contributed by atoms with Gasteiger partial charge < -0.3 is 5.11 Å². The Kier molecular flexibility index (Phi) is 6.69. The molecule has 0 radical (unpaired) electrons. The van der Waals surface area contributed by atoms with Crippen molar-refractivity contribution in [3.8, 4) is 0 Å². The Morgan fingerprint density at radius 1 is 1.20 bits per heavy atom. The smallest absolute Gasteiger partial charge is 0.0558 e. The van der Waals surface area contributed by atoms with Crippen molar-refractivity contribution < 1.29 is 5.11 Å². The molecule has 0 aromatic rings. The predicted octanol–water partition coefficient (Wildman–Crippen LogP) is 2.58. The first-order valence-electron chi connectivity index (χ1n) is 6.34. The standard InChI is InChI=1S/C13H25NO/c1-2-3-7-10-14(11-12-15)13-8-5-4-6-9-13/h2,13,15H,1,3-12H2. The molecule has 1 N–H and O–H groups in total. The highest BCUT2D eigenvalue weighted by Gasteiger charge is 2.19. The van der Waals surface area contributed by atoms with E-state index in [1.165, 1.54) is 38.5 Å². The summed E-state index contributed by atoms with van der Waals surface area (Å²) in [5, 5.41) is 9.06. The monoisotopic (exact) mass is 211 g/mol. The Morgan fingerprint density at radius 2 is 1.93 bits per heavy atom. The molecule has 1 fully saturated rings. The fourth-order valence-electron chi connectivity index (χ4n) is 2.49. The van der Waals surface area contributed by atoms with Crippen LogP contribution in [0.1, 0.15) is 44.9 Å². The molecule has 15 heavy (non-hydrogen) atoms. The lowest BCUT2D eigenvalue weighted by atomic mass is 9.94. The Bertz CT molecular complexity index is 164. The number of aliphatic hydroxyl groups excluding tert-OH is 1. The van der Waals surface area contributed by atoms with E-state index in [0.717, 1.165) is 25.6 Å². The van der Waals surface area contributed by atoms with Crippen LogP contribution in [0.25, 0.3) is 0 Å². The fourth-order valence-corrected chi connectivity index (χ4v) is 2.49. The zero-order chi connectivity index (χ0) is 10.9. The van der Waals surface area contributed by atoms with Crippen LogP contribution in [0.2, 0.25) is 0 Å². The van der Waals surface area contributed by atoms with Crippen molar-refractivity contribution in [1.29, 1.82) is 0 Å². The van der Waals surface area contributed by atoms with E-state index in [-0.39, 0.29) is 0 Å². The van der Waals surface area contributed by atoms with Crippen molar-refractivity contribution >= 4 is 0 Å². The van der Waals surface area contributed by atoms with Crippen LogP contribution in [-0.4, -0.2) is 35.7 Å². The summed E-state index contributed by atoms with van der Waals surface area (Å²) in [6, 6.07) is 0.732. The summed E-state index contributed by atoms with van der Waals surface area (Å²) in [6.45, 7) is 6.02. The second-order valence-corrected chi connectivity index (χ2v) is 4.48. The highest BCUT2D eigenvalue weighted by Crippen LogP contribution is 2.22. The maximum atomic E-state index is 9.06. The lowest BCUT2D eigenvalue weighted by molar-refractivity contribution is 0.123. The Hall–Kier alpha value is -0.340. The average Bonchev–Trinajstić information content (AvgIpc) is 2.29. The molecule has 2 heteroatoms. The Balaban J connectivity index is 2.29. The molecule has 1 aliphatic rings. The topological polar surface area (TPSA) is 23.5 Å². The number of nitrogens with zero attached hydrogens (tertiary/aromatic N) is 1. The van der Waals surface area contributed by atoms with Gasteiger partial charge in [-0.25, -0.2) is 0 Å². The number of aliphatic hydroxyl groups is 1. The van der Waals surface area contributed by atoms with E-state index in [4.69, 9.17) is 5.11 Å². The number of hydrogen-bond acceptors (Lipinski definition) is 2. The number of hydrogen-bond donors (Lipinski definition) is 1. The van der Waals surface area contributed by atoms with Gasteiger partial charge in [0.25, 0.3) is 0 Å². The summed E-state index contributed by atoms with van der Waals surface area (Å²) in [5.74, 6) is 0. The van der Waals surface area contributed by atoms with Crippen LogP contribution < -0.4 is 0 Å². The molecular weight excluding hydrogens is 186 g/mol. The van der Waals surface area contributed by atoms with Gasteiger partial charge in [0.2, 0.25) is 0 Å². The van der Waals surface area contributed by atoms with Crippen LogP contribution in [0.5, 0.6) is 0 Å².